The molecule has 0 aromatic rings. The minimum absolute atomic E-state index is 0.0187. The fraction of sp³-hybridized carbons (Fsp3) is 0.909. The van der Waals surface area contributed by atoms with E-state index in [-0.39, 0.29) is 11.8 Å². The van der Waals surface area contributed by atoms with Crippen molar-refractivity contribution in [2.24, 2.45) is 5.92 Å². The minimum atomic E-state index is -0.504. The molecule has 0 aromatic carbocycles. The van der Waals surface area contributed by atoms with Gasteiger partial charge in [0.15, 0.2) is 0 Å². The molecule has 0 aromatic heterocycles. The molecule has 0 aliphatic carbocycles. The smallest absolute Gasteiger partial charge is 0.223 e. The molecule has 1 heterocycles. The Kier molecular flexibility index (Phi) is 5.65. The van der Waals surface area contributed by atoms with Crippen LogP contribution >= 0.6 is 0 Å². The Morgan fingerprint density at radius 1 is 1.67 bits per heavy atom. The Morgan fingerprint density at radius 3 is 3.07 bits per heavy atom. The van der Waals surface area contributed by atoms with Crippen LogP contribution in [0, 0.1) is 5.92 Å². The highest BCUT2D eigenvalue weighted by Crippen LogP contribution is 2.16. The van der Waals surface area contributed by atoms with Gasteiger partial charge in [0.05, 0.1) is 12.7 Å². The molecule has 1 saturated heterocycles. The van der Waals surface area contributed by atoms with E-state index >= 15 is 0 Å². The first-order valence-electron chi connectivity index (χ1n) is 5.77. The number of hydrogen-bond donors (Lipinski definition) is 2. The van der Waals surface area contributed by atoms with Crippen LogP contribution in [-0.4, -0.2) is 36.9 Å². The van der Waals surface area contributed by atoms with E-state index in [0.717, 1.165) is 25.8 Å². The number of unbranched alkanes of at least 4 members (excludes halogenated alkanes) is 1. The van der Waals surface area contributed by atoms with Crippen LogP contribution in [0.25, 0.3) is 0 Å². The van der Waals surface area contributed by atoms with E-state index in [1.807, 2.05) is 0 Å². The van der Waals surface area contributed by atoms with Crippen LogP contribution in [0.3, 0.4) is 0 Å². The number of aliphatic hydroxyl groups is 1. The van der Waals surface area contributed by atoms with E-state index in [4.69, 9.17) is 4.74 Å². The molecule has 1 amide bonds. The Morgan fingerprint density at radius 2 is 2.47 bits per heavy atom. The average molecular weight is 215 g/mol. The predicted octanol–water partition coefficient (Wildman–Crippen LogP) is 0.690. The highest BCUT2D eigenvalue weighted by atomic mass is 16.5. The molecule has 88 valence electrons. The Bertz CT molecular complexity index is 196. The molecule has 2 N–H and O–H groups in total. The zero-order valence-corrected chi connectivity index (χ0v) is 9.37. The van der Waals surface area contributed by atoms with Crippen molar-refractivity contribution < 1.29 is 14.6 Å². The van der Waals surface area contributed by atoms with E-state index in [2.05, 4.69) is 12.2 Å². The second-order valence-electron chi connectivity index (χ2n) is 4.09. The van der Waals surface area contributed by atoms with Crippen LogP contribution in [0.5, 0.6) is 0 Å². The number of carbonyl (C=O) groups is 1. The number of amides is 1. The maximum absolute atomic E-state index is 11.2. The molecule has 4 heteroatoms. The number of carbonyl (C=O) groups excluding carboxylic acids is 1. The molecule has 1 aliphatic heterocycles. The lowest BCUT2D eigenvalue weighted by molar-refractivity contribution is -0.123. The summed E-state index contributed by atoms with van der Waals surface area (Å²) in [5, 5.41) is 12.4. The third-order valence-electron chi connectivity index (χ3n) is 2.67. The van der Waals surface area contributed by atoms with Crippen LogP contribution in [0.15, 0.2) is 0 Å². The summed E-state index contributed by atoms with van der Waals surface area (Å²) in [6, 6.07) is 0. The lowest BCUT2D eigenvalue weighted by Gasteiger charge is -2.13. The minimum Gasteiger partial charge on any atom is -0.391 e. The van der Waals surface area contributed by atoms with Crippen molar-refractivity contribution in [3.8, 4) is 0 Å². The van der Waals surface area contributed by atoms with E-state index in [1.54, 1.807) is 0 Å². The zero-order valence-electron chi connectivity index (χ0n) is 9.37. The Hall–Kier alpha value is -0.610. The first-order valence-corrected chi connectivity index (χ1v) is 5.77. The van der Waals surface area contributed by atoms with Crippen molar-refractivity contribution in [1.82, 2.24) is 5.32 Å². The Labute approximate surface area is 91.0 Å². The fourth-order valence-corrected chi connectivity index (χ4v) is 1.73. The van der Waals surface area contributed by atoms with Gasteiger partial charge in [0.1, 0.15) is 0 Å². The van der Waals surface area contributed by atoms with E-state index in [1.165, 1.54) is 0 Å². The standard InChI is InChI=1S/C11H21NO3/c1-2-3-6-15-8-10(13)7-9-4-5-12-11(9)14/h9-10,13H,2-8H2,1H3,(H,12,14). The molecule has 0 saturated carbocycles. The summed E-state index contributed by atoms with van der Waals surface area (Å²) in [5.41, 5.74) is 0. The van der Waals surface area contributed by atoms with Gasteiger partial charge in [0.25, 0.3) is 0 Å². The highest BCUT2D eigenvalue weighted by molar-refractivity contribution is 5.80. The molecule has 1 fully saturated rings. The number of aliphatic hydroxyl groups excluding tert-OH is 1. The zero-order chi connectivity index (χ0) is 11.1. The number of hydrogen-bond acceptors (Lipinski definition) is 3. The summed E-state index contributed by atoms with van der Waals surface area (Å²) in [4.78, 5) is 11.2. The summed E-state index contributed by atoms with van der Waals surface area (Å²) in [5.74, 6) is 0.0531. The van der Waals surface area contributed by atoms with Gasteiger partial charge in [-0.2, -0.15) is 0 Å². The molecular formula is C11H21NO3. The predicted molar refractivity (Wildman–Crippen MR) is 57.5 cm³/mol. The van der Waals surface area contributed by atoms with E-state index in [0.29, 0.717) is 19.6 Å². The van der Waals surface area contributed by atoms with Crippen molar-refractivity contribution in [3.63, 3.8) is 0 Å². The van der Waals surface area contributed by atoms with Crippen LogP contribution < -0.4 is 5.32 Å². The molecule has 0 radical (unpaired) electrons. The number of ether oxygens (including phenoxy) is 1. The molecule has 0 spiro atoms. The molecule has 4 nitrogen and oxygen atoms in total. The number of rotatable bonds is 7. The van der Waals surface area contributed by atoms with Gasteiger partial charge < -0.3 is 15.2 Å². The highest BCUT2D eigenvalue weighted by Gasteiger charge is 2.26. The third kappa shape index (κ3) is 4.62. The molecule has 2 unspecified atom stereocenters. The molecule has 1 aliphatic rings. The quantitative estimate of drug-likeness (QED) is 0.614. The van der Waals surface area contributed by atoms with Gasteiger partial charge in [0, 0.05) is 19.1 Å². The first kappa shape index (κ1) is 12.5. The Balaban J connectivity index is 2.07. The SMILES string of the molecule is CCCCOCC(O)CC1CCNC1=O. The lowest BCUT2D eigenvalue weighted by Crippen LogP contribution is -2.25. The second kappa shape index (κ2) is 6.80. The van der Waals surface area contributed by atoms with Gasteiger partial charge in [-0.25, -0.2) is 0 Å². The van der Waals surface area contributed by atoms with Gasteiger partial charge in [-0.1, -0.05) is 13.3 Å². The first-order chi connectivity index (χ1) is 7.24. The summed E-state index contributed by atoms with van der Waals surface area (Å²) < 4.78 is 5.30. The molecule has 15 heavy (non-hydrogen) atoms. The summed E-state index contributed by atoms with van der Waals surface area (Å²) in [7, 11) is 0. The van der Waals surface area contributed by atoms with Gasteiger partial charge in [-0.3, -0.25) is 4.79 Å². The van der Waals surface area contributed by atoms with Crippen LogP contribution in [-0.2, 0) is 9.53 Å². The van der Waals surface area contributed by atoms with Crippen molar-refractivity contribution >= 4 is 5.91 Å². The summed E-state index contributed by atoms with van der Waals surface area (Å²) in [6.45, 7) is 3.89. The van der Waals surface area contributed by atoms with Crippen molar-refractivity contribution in [3.05, 3.63) is 0 Å². The molecular weight excluding hydrogens is 194 g/mol. The monoisotopic (exact) mass is 215 g/mol. The van der Waals surface area contributed by atoms with Crippen LogP contribution in [0.2, 0.25) is 0 Å². The average Bonchev–Trinajstić information content (AvgIpc) is 2.59. The van der Waals surface area contributed by atoms with Crippen molar-refractivity contribution in [2.75, 3.05) is 19.8 Å². The largest absolute Gasteiger partial charge is 0.391 e. The second-order valence-corrected chi connectivity index (χ2v) is 4.09. The summed E-state index contributed by atoms with van der Waals surface area (Å²) in [6.07, 6.45) is 2.98. The van der Waals surface area contributed by atoms with Crippen LogP contribution in [0.4, 0.5) is 0 Å². The van der Waals surface area contributed by atoms with Gasteiger partial charge >= 0.3 is 0 Å². The van der Waals surface area contributed by atoms with Gasteiger partial charge in [0.2, 0.25) is 5.91 Å². The fourth-order valence-electron chi connectivity index (χ4n) is 1.73. The summed E-state index contributed by atoms with van der Waals surface area (Å²) >= 11 is 0. The van der Waals surface area contributed by atoms with Gasteiger partial charge in [-0.15, -0.1) is 0 Å². The van der Waals surface area contributed by atoms with Crippen molar-refractivity contribution in [2.45, 2.75) is 38.7 Å². The topological polar surface area (TPSA) is 58.6 Å². The van der Waals surface area contributed by atoms with E-state index < -0.39 is 6.10 Å². The van der Waals surface area contributed by atoms with Crippen molar-refractivity contribution in [1.29, 1.82) is 0 Å². The molecule has 1 rings (SSSR count). The maximum Gasteiger partial charge on any atom is 0.223 e. The normalized spacial score (nSPS) is 22.8. The maximum atomic E-state index is 11.2. The molecule has 2 atom stereocenters. The van der Waals surface area contributed by atoms with E-state index in [9.17, 15) is 9.90 Å². The number of nitrogens with one attached hydrogen (secondary N) is 1. The van der Waals surface area contributed by atoms with Crippen LogP contribution in [0.1, 0.15) is 32.6 Å². The molecule has 0 bridgehead atoms. The lowest BCUT2D eigenvalue weighted by atomic mass is 10.0. The third-order valence-corrected chi connectivity index (χ3v) is 2.67. The van der Waals surface area contributed by atoms with Gasteiger partial charge in [-0.05, 0) is 19.3 Å².